The van der Waals surface area contributed by atoms with Crippen LogP contribution in [0.1, 0.15) is 22.3 Å². The van der Waals surface area contributed by atoms with Gasteiger partial charge < -0.3 is 14.6 Å². The van der Waals surface area contributed by atoms with E-state index < -0.39 is 12.1 Å². The lowest BCUT2D eigenvalue weighted by Gasteiger charge is -2.18. The third kappa shape index (κ3) is 4.25. The third-order valence-corrected chi connectivity index (χ3v) is 3.84. The minimum absolute atomic E-state index is 0.333. The van der Waals surface area contributed by atoms with Gasteiger partial charge in [0.25, 0.3) is 0 Å². The van der Waals surface area contributed by atoms with E-state index in [-0.39, 0.29) is 0 Å². The molecule has 0 amide bonds. The molecule has 1 atom stereocenters. The van der Waals surface area contributed by atoms with E-state index in [2.05, 4.69) is 12.1 Å². The lowest BCUT2D eigenvalue weighted by atomic mass is 9.95. The molecule has 0 aliphatic carbocycles. The summed E-state index contributed by atoms with van der Waals surface area (Å²) in [5.41, 5.74) is 4.38. The number of carbonyl (C=O) groups is 1. The Bertz CT molecular complexity index is 666. The Hall–Kier alpha value is -2.49. The summed E-state index contributed by atoms with van der Waals surface area (Å²) in [6.07, 6.45) is -0.595. The summed E-state index contributed by atoms with van der Waals surface area (Å²) in [5, 5.41) is 9.48. The van der Waals surface area contributed by atoms with Gasteiger partial charge in [-0.2, -0.15) is 0 Å². The number of hydrogen-bond donors (Lipinski definition) is 1. The van der Waals surface area contributed by atoms with E-state index in [0.717, 1.165) is 16.7 Å². The molecule has 2 rings (SSSR count). The molecule has 1 unspecified atom stereocenters. The van der Waals surface area contributed by atoms with Gasteiger partial charge in [0.05, 0.1) is 7.11 Å². The highest BCUT2D eigenvalue weighted by Crippen LogP contribution is 2.22. The van der Waals surface area contributed by atoms with E-state index in [4.69, 9.17) is 9.47 Å². The second kappa shape index (κ2) is 7.18. The maximum absolute atomic E-state index is 11.6. The molecule has 0 saturated carbocycles. The number of methoxy groups -OCH3 is 1. The maximum Gasteiger partial charge on any atom is 0.345 e. The summed E-state index contributed by atoms with van der Waals surface area (Å²) in [7, 11) is 1.58. The predicted molar refractivity (Wildman–Crippen MR) is 89.4 cm³/mol. The molecule has 0 heterocycles. The fourth-order valence-corrected chi connectivity index (χ4v) is 2.72. The monoisotopic (exact) mass is 314 g/mol. The molecule has 0 radical (unpaired) electrons. The summed E-state index contributed by atoms with van der Waals surface area (Å²) in [4.78, 5) is 11.6. The van der Waals surface area contributed by atoms with Gasteiger partial charge >= 0.3 is 5.97 Å². The average molecular weight is 314 g/mol. The molecule has 23 heavy (non-hydrogen) atoms. The molecule has 0 aliphatic rings. The second-order valence-electron chi connectivity index (χ2n) is 5.70. The minimum atomic E-state index is -0.972. The molecular formula is C19H22O4. The zero-order valence-corrected chi connectivity index (χ0v) is 13.9. The first-order chi connectivity index (χ1) is 10.9. The van der Waals surface area contributed by atoms with E-state index in [1.807, 2.05) is 20.8 Å². The molecule has 0 spiro atoms. The normalized spacial score (nSPS) is 11.8. The third-order valence-electron chi connectivity index (χ3n) is 3.84. The van der Waals surface area contributed by atoms with Gasteiger partial charge in [0.15, 0.2) is 6.10 Å². The van der Waals surface area contributed by atoms with Crippen molar-refractivity contribution < 1.29 is 19.4 Å². The van der Waals surface area contributed by atoms with Crippen LogP contribution in [0, 0.1) is 20.8 Å². The van der Waals surface area contributed by atoms with Gasteiger partial charge in [-0.15, -0.1) is 0 Å². The van der Waals surface area contributed by atoms with Gasteiger partial charge in [-0.05, 0) is 61.7 Å². The van der Waals surface area contributed by atoms with Gasteiger partial charge in [0.1, 0.15) is 11.5 Å². The van der Waals surface area contributed by atoms with Crippen LogP contribution in [-0.2, 0) is 11.2 Å². The number of carboxylic acid groups (broad SMARTS) is 1. The standard InChI is InChI=1S/C19H22O4/c1-12-9-13(2)17(14(3)10-12)11-18(19(20)21)23-16-7-5-15(22-4)6-8-16/h5-10,18H,11H2,1-4H3,(H,20,21). The van der Waals surface area contributed by atoms with E-state index >= 15 is 0 Å². The predicted octanol–water partition coefficient (Wildman–Crippen LogP) is 3.70. The van der Waals surface area contributed by atoms with Gasteiger partial charge in [0, 0.05) is 6.42 Å². The quantitative estimate of drug-likeness (QED) is 0.883. The van der Waals surface area contributed by atoms with Crippen molar-refractivity contribution in [3.8, 4) is 11.5 Å². The Kier molecular flexibility index (Phi) is 5.27. The van der Waals surface area contributed by atoms with Crippen LogP contribution in [0.25, 0.3) is 0 Å². The first-order valence-electron chi connectivity index (χ1n) is 7.51. The number of rotatable bonds is 6. The molecule has 2 aromatic carbocycles. The molecule has 1 N–H and O–H groups in total. The van der Waals surface area contributed by atoms with Crippen LogP contribution < -0.4 is 9.47 Å². The van der Waals surface area contributed by atoms with Crippen LogP contribution in [0.15, 0.2) is 36.4 Å². The van der Waals surface area contributed by atoms with Crippen molar-refractivity contribution in [2.45, 2.75) is 33.3 Å². The number of ether oxygens (including phenoxy) is 2. The topological polar surface area (TPSA) is 55.8 Å². The summed E-state index contributed by atoms with van der Waals surface area (Å²) in [6.45, 7) is 6.04. The van der Waals surface area contributed by atoms with Crippen molar-refractivity contribution in [1.82, 2.24) is 0 Å². The number of carboxylic acids is 1. The molecule has 4 heteroatoms. The van der Waals surface area contributed by atoms with Crippen molar-refractivity contribution in [1.29, 1.82) is 0 Å². The van der Waals surface area contributed by atoms with Crippen molar-refractivity contribution in [3.05, 3.63) is 58.7 Å². The number of aliphatic carboxylic acids is 1. The fourth-order valence-electron chi connectivity index (χ4n) is 2.72. The lowest BCUT2D eigenvalue weighted by Crippen LogP contribution is -2.30. The van der Waals surface area contributed by atoms with E-state index in [1.54, 1.807) is 31.4 Å². The largest absolute Gasteiger partial charge is 0.497 e. The summed E-state index contributed by atoms with van der Waals surface area (Å²) in [6, 6.07) is 11.0. The zero-order valence-electron chi connectivity index (χ0n) is 13.9. The average Bonchev–Trinajstić information content (AvgIpc) is 2.50. The van der Waals surface area contributed by atoms with Crippen molar-refractivity contribution in [2.24, 2.45) is 0 Å². The number of hydrogen-bond acceptors (Lipinski definition) is 3. The van der Waals surface area contributed by atoms with Crippen LogP contribution in [0.3, 0.4) is 0 Å². The Morgan fingerprint density at radius 3 is 2.04 bits per heavy atom. The van der Waals surface area contributed by atoms with Crippen LogP contribution in [-0.4, -0.2) is 24.3 Å². The molecule has 122 valence electrons. The van der Waals surface area contributed by atoms with Gasteiger partial charge in [-0.25, -0.2) is 4.79 Å². The molecule has 0 bridgehead atoms. The van der Waals surface area contributed by atoms with Crippen LogP contribution in [0.5, 0.6) is 11.5 Å². The molecule has 0 aliphatic heterocycles. The summed E-state index contributed by atoms with van der Waals surface area (Å²) < 4.78 is 10.8. The van der Waals surface area contributed by atoms with Crippen molar-refractivity contribution in [3.63, 3.8) is 0 Å². The SMILES string of the molecule is COc1ccc(OC(Cc2c(C)cc(C)cc2C)C(=O)O)cc1. The minimum Gasteiger partial charge on any atom is -0.497 e. The Morgan fingerprint density at radius 1 is 1.04 bits per heavy atom. The first-order valence-corrected chi connectivity index (χ1v) is 7.51. The first kappa shape index (κ1) is 16.9. The Balaban J connectivity index is 2.20. The van der Waals surface area contributed by atoms with Gasteiger partial charge in [-0.1, -0.05) is 17.7 Å². The van der Waals surface area contributed by atoms with E-state index in [0.29, 0.717) is 17.9 Å². The van der Waals surface area contributed by atoms with Crippen LogP contribution in [0.2, 0.25) is 0 Å². The highest BCUT2D eigenvalue weighted by molar-refractivity contribution is 5.73. The number of aryl methyl sites for hydroxylation is 3. The van der Waals surface area contributed by atoms with E-state index in [9.17, 15) is 9.90 Å². The highest BCUT2D eigenvalue weighted by Gasteiger charge is 2.22. The zero-order chi connectivity index (χ0) is 17.0. The van der Waals surface area contributed by atoms with Gasteiger partial charge in [-0.3, -0.25) is 0 Å². The van der Waals surface area contributed by atoms with Crippen molar-refractivity contribution in [2.75, 3.05) is 7.11 Å². The molecular weight excluding hydrogens is 292 g/mol. The summed E-state index contributed by atoms with van der Waals surface area (Å²) in [5.74, 6) is 0.246. The number of benzene rings is 2. The molecule has 0 fully saturated rings. The summed E-state index contributed by atoms with van der Waals surface area (Å²) >= 11 is 0. The smallest absolute Gasteiger partial charge is 0.345 e. The molecule has 0 saturated heterocycles. The molecule has 4 nitrogen and oxygen atoms in total. The maximum atomic E-state index is 11.6. The van der Waals surface area contributed by atoms with E-state index in [1.165, 1.54) is 5.56 Å². The fraction of sp³-hybridized carbons (Fsp3) is 0.316. The van der Waals surface area contributed by atoms with Crippen LogP contribution in [0.4, 0.5) is 0 Å². The Labute approximate surface area is 136 Å². The van der Waals surface area contributed by atoms with Crippen molar-refractivity contribution >= 4 is 5.97 Å². The van der Waals surface area contributed by atoms with Gasteiger partial charge in [0.2, 0.25) is 0 Å². The molecule has 0 aromatic heterocycles. The Morgan fingerprint density at radius 2 is 1.57 bits per heavy atom. The molecule has 2 aromatic rings. The lowest BCUT2D eigenvalue weighted by molar-refractivity contribution is -0.145. The second-order valence-corrected chi connectivity index (χ2v) is 5.70. The van der Waals surface area contributed by atoms with Crippen LogP contribution >= 0.6 is 0 Å². The highest BCUT2D eigenvalue weighted by atomic mass is 16.5.